The zero-order valence-corrected chi connectivity index (χ0v) is 18.4. The maximum atomic E-state index is 13.0. The van der Waals surface area contributed by atoms with Gasteiger partial charge in [-0.05, 0) is 61.7 Å². The lowest BCUT2D eigenvalue weighted by atomic mass is 10.1. The van der Waals surface area contributed by atoms with Crippen LogP contribution in [0.15, 0.2) is 36.4 Å². The number of carbonyl (C=O) groups excluding carboxylic acids is 1. The molecule has 0 radical (unpaired) electrons. The van der Waals surface area contributed by atoms with Gasteiger partial charge in [0.25, 0.3) is 0 Å². The van der Waals surface area contributed by atoms with Crippen molar-refractivity contribution < 1.29 is 26.4 Å². The van der Waals surface area contributed by atoms with Crippen molar-refractivity contribution in [2.24, 2.45) is 0 Å². The molecule has 0 heterocycles. The van der Waals surface area contributed by atoms with Gasteiger partial charge < -0.3 is 5.32 Å². The lowest BCUT2D eigenvalue weighted by molar-refractivity contribution is -0.137. The molecular formula is C20H22ClF3N2O3S. The molecule has 0 aliphatic carbocycles. The first-order valence-electron chi connectivity index (χ1n) is 9.00. The van der Waals surface area contributed by atoms with Gasteiger partial charge in [-0.2, -0.15) is 13.2 Å². The van der Waals surface area contributed by atoms with Crippen LogP contribution in [0.5, 0.6) is 0 Å². The van der Waals surface area contributed by atoms with Crippen LogP contribution in [0.3, 0.4) is 0 Å². The highest BCUT2D eigenvalue weighted by Crippen LogP contribution is 2.34. The Morgan fingerprint density at radius 3 is 2.27 bits per heavy atom. The van der Waals surface area contributed by atoms with Crippen molar-refractivity contribution in [3.8, 4) is 0 Å². The number of alkyl halides is 3. The van der Waals surface area contributed by atoms with Gasteiger partial charge in [0.15, 0.2) is 0 Å². The number of hydrogen-bond donors (Lipinski definition) is 1. The fourth-order valence-corrected chi connectivity index (χ4v) is 4.30. The number of halogens is 4. The third-order valence-corrected chi connectivity index (χ3v) is 6.14. The largest absolute Gasteiger partial charge is 0.416 e. The molecule has 2 aromatic rings. The van der Waals surface area contributed by atoms with Crippen LogP contribution in [0.1, 0.15) is 30.0 Å². The number of hydrogen-bond acceptors (Lipinski definition) is 3. The second-order valence-corrected chi connectivity index (χ2v) is 9.20. The molecule has 2 rings (SSSR count). The molecule has 2 aromatic carbocycles. The Balaban J connectivity index is 2.45. The number of nitrogens with zero attached hydrogens (tertiary/aromatic N) is 1. The molecular weight excluding hydrogens is 441 g/mol. The summed E-state index contributed by atoms with van der Waals surface area (Å²) >= 11 is 5.95. The van der Waals surface area contributed by atoms with Crippen LogP contribution < -0.4 is 9.62 Å². The van der Waals surface area contributed by atoms with Gasteiger partial charge in [0.05, 0.1) is 28.2 Å². The van der Waals surface area contributed by atoms with Crippen LogP contribution in [0, 0.1) is 13.8 Å². The molecule has 30 heavy (non-hydrogen) atoms. The predicted octanol–water partition coefficient (Wildman–Crippen LogP) is 5.16. The minimum atomic E-state index is -4.62. The molecule has 0 bridgehead atoms. The molecule has 1 amide bonds. The molecule has 10 heteroatoms. The lowest BCUT2D eigenvalue weighted by Gasteiger charge is -2.30. The normalized spacial score (nSPS) is 13.1. The second kappa shape index (κ2) is 8.85. The Morgan fingerprint density at radius 2 is 1.77 bits per heavy atom. The third kappa shape index (κ3) is 5.46. The van der Waals surface area contributed by atoms with Crippen molar-refractivity contribution in [1.29, 1.82) is 0 Å². The van der Waals surface area contributed by atoms with Gasteiger partial charge in [-0.3, -0.25) is 9.10 Å². The van der Waals surface area contributed by atoms with E-state index >= 15 is 0 Å². The number of anilines is 2. The van der Waals surface area contributed by atoms with E-state index in [2.05, 4.69) is 5.32 Å². The summed E-state index contributed by atoms with van der Waals surface area (Å²) in [6, 6.07) is 6.31. The molecule has 0 spiro atoms. The maximum absolute atomic E-state index is 13.0. The van der Waals surface area contributed by atoms with Crippen LogP contribution in [0.2, 0.25) is 5.02 Å². The first kappa shape index (κ1) is 24.0. The van der Waals surface area contributed by atoms with E-state index in [-0.39, 0.29) is 22.8 Å². The van der Waals surface area contributed by atoms with E-state index in [0.29, 0.717) is 6.07 Å². The quantitative estimate of drug-likeness (QED) is 0.644. The molecule has 0 saturated heterocycles. The highest BCUT2D eigenvalue weighted by atomic mass is 35.5. The minimum absolute atomic E-state index is 0.0857. The number of aryl methyl sites for hydroxylation is 2. The Labute approximate surface area is 178 Å². The van der Waals surface area contributed by atoms with Gasteiger partial charge >= 0.3 is 6.18 Å². The van der Waals surface area contributed by atoms with Crippen LogP contribution in [0.4, 0.5) is 24.5 Å². The van der Waals surface area contributed by atoms with Crippen molar-refractivity contribution in [3.63, 3.8) is 0 Å². The molecule has 5 nitrogen and oxygen atoms in total. The zero-order chi connectivity index (χ0) is 22.9. The Morgan fingerprint density at radius 1 is 1.13 bits per heavy atom. The van der Waals surface area contributed by atoms with Gasteiger partial charge in [0, 0.05) is 0 Å². The number of nitrogens with one attached hydrogen (secondary N) is 1. The van der Waals surface area contributed by atoms with Crippen molar-refractivity contribution in [2.45, 2.75) is 39.4 Å². The minimum Gasteiger partial charge on any atom is -0.323 e. The van der Waals surface area contributed by atoms with Gasteiger partial charge in [-0.15, -0.1) is 0 Å². The molecule has 0 unspecified atom stereocenters. The Kier molecular flexibility index (Phi) is 7.08. The molecule has 1 atom stereocenters. The molecule has 0 fully saturated rings. The SMILES string of the molecule is CC[C@@H](C(=O)Nc1cc(C(F)(F)F)ccc1Cl)N(c1ccc(C)c(C)c1)S(C)(=O)=O. The molecule has 164 valence electrons. The number of carbonyl (C=O) groups is 1. The molecule has 0 aliphatic heterocycles. The van der Waals surface area contributed by atoms with Crippen molar-refractivity contribution >= 4 is 38.9 Å². The molecule has 0 aromatic heterocycles. The van der Waals surface area contributed by atoms with E-state index in [0.717, 1.165) is 33.8 Å². The van der Waals surface area contributed by atoms with E-state index in [9.17, 15) is 26.4 Å². The van der Waals surface area contributed by atoms with E-state index in [1.807, 2.05) is 13.8 Å². The van der Waals surface area contributed by atoms with Crippen molar-refractivity contribution in [3.05, 3.63) is 58.1 Å². The number of rotatable bonds is 6. The predicted molar refractivity (Wildman–Crippen MR) is 112 cm³/mol. The summed E-state index contributed by atoms with van der Waals surface area (Å²) in [6.45, 7) is 5.28. The summed E-state index contributed by atoms with van der Waals surface area (Å²) in [5.74, 6) is -0.789. The summed E-state index contributed by atoms with van der Waals surface area (Å²) in [7, 11) is -3.88. The fourth-order valence-electron chi connectivity index (χ4n) is 2.94. The first-order chi connectivity index (χ1) is 13.8. The summed E-state index contributed by atoms with van der Waals surface area (Å²) in [5.41, 5.74) is 0.836. The van der Waals surface area contributed by atoms with Crippen molar-refractivity contribution in [2.75, 3.05) is 15.9 Å². The maximum Gasteiger partial charge on any atom is 0.416 e. The van der Waals surface area contributed by atoms with Crippen LogP contribution in [0.25, 0.3) is 0 Å². The molecule has 0 aliphatic rings. The second-order valence-electron chi connectivity index (χ2n) is 6.93. The Hall–Kier alpha value is -2.26. The smallest absolute Gasteiger partial charge is 0.323 e. The number of amides is 1. The van der Waals surface area contributed by atoms with Crippen LogP contribution in [-0.4, -0.2) is 26.6 Å². The van der Waals surface area contributed by atoms with Gasteiger partial charge in [0.2, 0.25) is 15.9 Å². The fraction of sp³-hybridized carbons (Fsp3) is 0.350. The molecule has 1 N–H and O–H groups in total. The van der Waals surface area contributed by atoms with E-state index in [4.69, 9.17) is 11.6 Å². The monoisotopic (exact) mass is 462 g/mol. The zero-order valence-electron chi connectivity index (χ0n) is 16.8. The van der Waals surface area contributed by atoms with E-state index in [1.165, 1.54) is 0 Å². The van der Waals surface area contributed by atoms with E-state index in [1.54, 1.807) is 25.1 Å². The number of sulfonamides is 1. The summed E-state index contributed by atoms with van der Waals surface area (Å²) in [4.78, 5) is 12.9. The van der Waals surface area contributed by atoms with Crippen LogP contribution >= 0.6 is 11.6 Å². The first-order valence-corrected chi connectivity index (χ1v) is 11.2. The Bertz CT molecular complexity index is 1060. The average Bonchev–Trinajstić information content (AvgIpc) is 2.61. The summed E-state index contributed by atoms with van der Waals surface area (Å²) < 4.78 is 65.0. The number of benzene rings is 2. The summed E-state index contributed by atoms with van der Waals surface area (Å²) in [6.07, 6.45) is -3.57. The topological polar surface area (TPSA) is 66.5 Å². The van der Waals surface area contributed by atoms with Crippen molar-refractivity contribution in [1.82, 2.24) is 0 Å². The van der Waals surface area contributed by atoms with Crippen LogP contribution in [-0.2, 0) is 21.0 Å². The molecule has 0 saturated carbocycles. The van der Waals surface area contributed by atoms with E-state index < -0.39 is 33.7 Å². The standard InChI is InChI=1S/C20H22ClF3N2O3S/c1-5-18(26(30(4,28)29)15-8-6-12(2)13(3)10-15)19(27)25-17-11-14(20(22,23)24)7-9-16(17)21/h6-11,18H,5H2,1-4H3,(H,25,27)/t18-/m0/s1. The van der Waals surface area contributed by atoms with Gasteiger partial charge in [0.1, 0.15) is 6.04 Å². The lowest BCUT2D eigenvalue weighted by Crippen LogP contribution is -2.47. The third-order valence-electron chi connectivity index (χ3n) is 4.63. The van der Waals surface area contributed by atoms with Gasteiger partial charge in [-0.25, -0.2) is 8.42 Å². The summed E-state index contributed by atoms with van der Waals surface area (Å²) in [5, 5.41) is 2.25. The average molecular weight is 463 g/mol. The van der Waals surface area contributed by atoms with Gasteiger partial charge in [-0.1, -0.05) is 24.6 Å². The highest BCUT2D eigenvalue weighted by molar-refractivity contribution is 7.92. The highest BCUT2D eigenvalue weighted by Gasteiger charge is 2.34.